The van der Waals surface area contributed by atoms with Crippen LogP contribution in [0.2, 0.25) is 0 Å². The summed E-state index contributed by atoms with van der Waals surface area (Å²) in [7, 11) is 0. The van der Waals surface area contributed by atoms with Gasteiger partial charge in [-0.3, -0.25) is 0 Å². The maximum absolute atomic E-state index is 6.56. The number of hydrogen-bond acceptors (Lipinski definition) is 4. The van der Waals surface area contributed by atoms with Crippen molar-refractivity contribution >= 4 is 60.9 Å². The molecular weight excluding hydrogens is 625 g/mol. The Morgan fingerprint density at radius 1 is 0.431 bits per heavy atom. The summed E-state index contributed by atoms with van der Waals surface area (Å²) in [5.74, 6) is 0.597. The quantitative estimate of drug-likeness (QED) is 0.179. The van der Waals surface area contributed by atoms with Crippen molar-refractivity contribution in [3.05, 3.63) is 182 Å². The van der Waals surface area contributed by atoms with E-state index in [1.54, 1.807) is 0 Å². The van der Waals surface area contributed by atoms with Gasteiger partial charge in [0.2, 0.25) is 5.89 Å². The molecule has 10 rings (SSSR count). The van der Waals surface area contributed by atoms with E-state index in [0.717, 1.165) is 66.8 Å². The van der Waals surface area contributed by atoms with Crippen LogP contribution in [-0.4, -0.2) is 4.98 Å². The first kappa shape index (κ1) is 29.0. The summed E-state index contributed by atoms with van der Waals surface area (Å²) in [5, 5.41) is 4.34. The molecule has 0 radical (unpaired) electrons. The lowest BCUT2D eigenvalue weighted by atomic mass is 9.98. The van der Waals surface area contributed by atoms with Crippen LogP contribution in [0.25, 0.3) is 77.5 Å². The van der Waals surface area contributed by atoms with Gasteiger partial charge >= 0.3 is 0 Å². The van der Waals surface area contributed by atoms with Gasteiger partial charge in [0.25, 0.3) is 0 Å². The number of anilines is 3. The van der Waals surface area contributed by atoms with Crippen molar-refractivity contribution in [2.24, 2.45) is 0 Å². The van der Waals surface area contributed by atoms with E-state index in [2.05, 4.69) is 138 Å². The predicted molar refractivity (Wildman–Crippen MR) is 210 cm³/mol. The van der Waals surface area contributed by atoms with Gasteiger partial charge in [0.1, 0.15) is 16.7 Å². The topological polar surface area (TPSA) is 42.4 Å². The largest absolute Gasteiger partial charge is 0.456 e. The highest BCUT2D eigenvalue weighted by Gasteiger charge is 2.21. The number of hydrogen-bond donors (Lipinski definition) is 0. The van der Waals surface area contributed by atoms with E-state index in [1.807, 2.05) is 48.5 Å². The van der Waals surface area contributed by atoms with Crippen LogP contribution in [-0.2, 0) is 0 Å². The summed E-state index contributed by atoms with van der Waals surface area (Å²) in [6, 6.07) is 63.5. The van der Waals surface area contributed by atoms with Crippen molar-refractivity contribution in [1.29, 1.82) is 0 Å². The van der Waals surface area contributed by atoms with E-state index in [0.29, 0.717) is 5.89 Å². The number of oxazole rings is 1. The molecule has 0 bridgehead atoms. The third kappa shape index (κ3) is 5.04. The van der Waals surface area contributed by atoms with Gasteiger partial charge < -0.3 is 13.7 Å². The Bertz CT molecular complexity index is 2850. The van der Waals surface area contributed by atoms with Crippen LogP contribution < -0.4 is 4.90 Å². The number of fused-ring (bicyclic) bond motifs is 6. The van der Waals surface area contributed by atoms with Crippen molar-refractivity contribution in [3.63, 3.8) is 0 Å². The first-order chi connectivity index (χ1) is 25.3. The van der Waals surface area contributed by atoms with Gasteiger partial charge in [-0.1, -0.05) is 115 Å². The first-order valence-electron chi connectivity index (χ1n) is 17.1. The molecule has 8 aromatic carbocycles. The molecule has 240 valence electrons. The van der Waals surface area contributed by atoms with Crippen LogP contribution in [0.5, 0.6) is 0 Å². The van der Waals surface area contributed by atoms with Gasteiger partial charge in [-0.25, -0.2) is 4.98 Å². The van der Waals surface area contributed by atoms with E-state index >= 15 is 0 Å². The molecule has 0 aliphatic heterocycles. The van der Waals surface area contributed by atoms with E-state index in [9.17, 15) is 0 Å². The Balaban J connectivity index is 1.15. The second-order valence-electron chi connectivity index (χ2n) is 12.8. The van der Waals surface area contributed by atoms with Crippen LogP contribution in [0.3, 0.4) is 0 Å². The fourth-order valence-corrected chi connectivity index (χ4v) is 7.21. The lowest BCUT2D eigenvalue weighted by molar-refractivity contribution is 0.622. The lowest BCUT2D eigenvalue weighted by Crippen LogP contribution is -2.11. The molecule has 2 heterocycles. The fourth-order valence-electron chi connectivity index (χ4n) is 7.21. The summed E-state index contributed by atoms with van der Waals surface area (Å²) < 4.78 is 13.0. The fraction of sp³-hybridized carbons (Fsp3) is 0. The van der Waals surface area contributed by atoms with Gasteiger partial charge in [-0.2, -0.15) is 0 Å². The third-order valence-corrected chi connectivity index (χ3v) is 9.69. The Morgan fingerprint density at radius 2 is 1.10 bits per heavy atom. The average molecular weight is 655 g/mol. The molecule has 0 atom stereocenters. The Hall–Kier alpha value is -6.91. The van der Waals surface area contributed by atoms with Gasteiger partial charge in [-0.15, -0.1) is 0 Å². The molecule has 0 N–H and O–H groups in total. The molecule has 0 amide bonds. The second-order valence-corrected chi connectivity index (χ2v) is 12.8. The number of rotatable bonds is 6. The van der Waals surface area contributed by atoms with Crippen molar-refractivity contribution in [1.82, 2.24) is 4.98 Å². The van der Waals surface area contributed by atoms with Crippen LogP contribution in [0, 0.1) is 0 Å². The molecule has 0 spiro atoms. The molecular formula is C47H30N2O2. The predicted octanol–water partition coefficient (Wildman–Crippen LogP) is 13.4. The number of benzene rings is 8. The SMILES string of the molecule is c1ccc(-c2ccc(N(c3ccc4c(c3)oc3ccc5nc(-c6ccccc6)oc5c34)c3ccccc3-c3ccc4ccccc4c3)cc2)cc1. The minimum absolute atomic E-state index is 0.597. The van der Waals surface area contributed by atoms with Gasteiger partial charge in [-0.05, 0) is 88.1 Å². The van der Waals surface area contributed by atoms with Crippen molar-refractivity contribution in [2.75, 3.05) is 4.90 Å². The Morgan fingerprint density at radius 3 is 1.92 bits per heavy atom. The summed E-state index contributed by atoms with van der Waals surface area (Å²) in [6.45, 7) is 0. The van der Waals surface area contributed by atoms with Gasteiger partial charge in [0.05, 0.1) is 11.1 Å². The van der Waals surface area contributed by atoms with E-state index in [-0.39, 0.29) is 0 Å². The number of aromatic nitrogens is 1. The Kier molecular flexibility index (Phi) is 6.78. The normalized spacial score (nSPS) is 11.5. The zero-order valence-electron chi connectivity index (χ0n) is 27.5. The Labute approximate surface area is 294 Å². The van der Waals surface area contributed by atoms with E-state index in [4.69, 9.17) is 13.8 Å². The first-order valence-corrected chi connectivity index (χ1v) is 17.1. The number of furan rings is 1. The lowest BCUT2D eigenvalue weighted by Gasteiger charge is -2.28. The number of nitrogens with zero attached hydrogens (tertiary/aromatic N) is 2. The number of para-hydroxylation sites is 1. The van der Waals surface area contributed by atoms with Gasteiger partial charge in [0.15, 0.2) is 5.58 Å². The summed E-state index contributed by atoms with van der Waals surface area (Å²) in [4.78, 5) is 7.14. The molecule has 51 heavy (non-hydrogen) atoms. The molecule has 0 saturated carbocycles. The van der Waals surface area contributed by atoms with Crippen molar-refractivity contribution in [2.45, 2.75) is 0 Å². The highest BCUT2D eigenvalue weighted by Crippen LogP contribution is 2.44. The zero-order valence-corrected chi connectivity index (χ0v) is 27.5. The van der Waals surface area contributed by atoms with Crippen LogP contribution in [0.15, 0.2) is 191 Å². The van der Waals surface area contributed by atoms with E-state index < -0.39 is 0 Å². The highest BCUT2D eigenvalue weighted by atomic mass is 16.4. The molecule has 10 aromatic rings. The van der Waals surface area contributed by atoms with E-state index in [1.165, 1.54) is 21.9 Å². The monoisotopic (exact) mass is 654 g/mol. The van der Waals surface area contributed by atoms with Crippen LogP contribution >= 0.6 is 0 Å². The summed E-state index contributed by atoms with van der Waals surface area (Å²) >= 11 is 0. The minimum Gasteiger partial charge on any atom is -0.456 e. The van der Waals surface area contributed by atoms with Crippen molar-refractivity contribution in [3.8, 4) is 33.7 Å². The van der Waals surface area contributed by atoms with Gasteiger partial charge in [0, 0.05) is 34.0 Å². The standard InChI is InChI=1S/C47H30N2O2/c1-3-11-31(12-4-1)33-21-23-37(24-22-33)49(42-18-10-9-17-39(42)36-20-19-32-13-7-8-16-35(32)29-36)38-25-26-40-44(30-38)50-43-28-27-41-46(45(40)43)51-47(48-41)34-14-5-2-6-15-34/h1-30H. The molecule has 0 unspecified atom stereocenters. The third-order valence-electron chi connectivity index (χ3n) is 9.69. The second kappa shape index (κ2) is 11.9. The molecule has 0 aliphatic carbocycles. The summed E-state index contributed by atoms with van der Waals surface area (Å²) in [6.07, 6.45) is 0. The molecule has 2 aromatic heterocycles. The molecule has 4 heteroatoms. The summed E-state index contributed by atoms with van der Waals surface area (Å²) in [5.41, 5.74) is 11.8. The molecule has 0 aliphatic rings. The highest BCUT2D eigenvalue weighted by molar-refractivity contribution is 6.17. The zero-order chi connectivity index (χ0) is 33.7. The van der Waals surface area contributed by atoms with Crippen LogP contribution in [0.1, 0.15) is 0 Å². The molecule has 0 fully saturated rings. The minimum atomic E-state index is 0.597. The maximum Gasteiger partial charge on any atom is 0.227 e. The molecule has 0 saturated heterocycles. The smallest absolute Gasteiger partial charge is 0.227 e. The molecule has 4 nitrogen and oxygen atoms in total. The van der Waals surface area contributed by atoms with Crippen molar-refractivity contribution < 1.29 is 8.83 Å². The average Bonchev–Trinajstić information content (AvgIpc) is 3.81. The van der Waals surface area contributed by atoms with Crippen LogP contribution in [0.4, 0.5) is 17.1 Å². The maximum atomic E-state index is 6.56.